The van der Waals surface area contributed by atoms with Crippen LogP contribution in [0.2, 0.25) is 10.0 Å². The average molecular weight is 306 g/mol. The maximum atomic E-state index is 6.18. The van der Waals surface area contributed by atoms with Crippen molar-refractivity contribution in [1.29, 1.82) is 0 Å². The summed E-state index contributed by atoms with van der Waals surface area (Å²) < 4.78 is 0. The number of nitrogens with zero attached hydrogens (tertiary/aromatic N) is 1. The van der Waals surface area contributed by atoms with Crippen molar-refractivity contribution in [2.75, 3.05) is 0 Å². The quantitative estimate of drug-likeness (QED) is 0.639. The molecule has 0 spiro atoms. The molecule has 0 atom stereocenters. The zero-order chi connectivity index (χ0) is 13.2. The summed E-state index contributed by atoms with van der Waals surface area (Å²) in [6.45, 7) is 0. The normalized spacial score (nSPS) is 15.6. The second-order valence-corrected chi connectivity index (χ2v) is 5.79. The van der Waals surface area contributed by atoms with Crippen LogP contribution in [0, 0.1) is 0 Å². The van der Waals surface area contributed by atoms with E-state index in [1.807, 2.05) is 24.3 Å². The van der Waals surface area contributed by atoms with Crippen LogP contribution in [0.4, 0.5) is 5.69 Å². The van der Waals surface area contributed by atoms with Gasteiger partial charge >= 0.3 is 0 Å². The first kappa shape index (κ1) is 12.8. The molecule has 0 fully saturated rings. The fraction of sp³-hybridized carbons (Fsp3) is 0. The molecule has 0 bridgehead atoms. The molecular formula is C15H9Cl2NS. The van der Waals surface area contributed by atoms with E-state index in [0.29, 0.717) is 10.0 Å². The molecule has 0 aliphatic carbocycles. The Morgan fingerprint density at radius 1 is 1.05 bits per heavy atom. The van der Waals surface area contributed by atoms with E-state index in [0.717, 1.165) is 21.7 Å². The maximum absolute atomic E-state index is 6.18. The largest absolute Gasteiger partial charge is 0.247 e. The molecule has 3 rings (SSSR count). The Bertz CT molecular complexity index is 678. The zero-order valence-electron chi connectivity index (χ0n) is 9.81. The Morgan fingerprint density at radius 2 is 1.84 bits per heavy atom. The fourth-order valence-corrected chi connectivity index (χ4v) is 3.20. The van der Waals surface area contributed by atoms with E-state index in [-0.39, 0.29) is 0 Å². The molecular weight excluding hydrogens is 297 g/mol. The third kappa shape index (κ3) is 2.71. The smallest absolute Gasteiger partial charge is 0.0906 e. The lowest BCUT2D eigenvalue weighted by Crippen LogP contribution is -1.89. The summed E-state index contributed by atoms with van der Waals surface area (Å²) in [5.41, 5.74) is 4.71. The summed E-state index contributed by atoms with van der Waals surface area (Å²) in [4.78, 5) is 5.43. The molecule has 0 amide bonds. The Morgan fingerprint density at radius 3 is 2.63 bits per heavy atom. The molecule has 0 saturated heterocycles. The van der Waals surface area contributed by atoms with Crippen molar-refractivity contribution in [2.45, 2.75) is 0 Å². The van der Waals surface area contributed by atoms with Gasteiger partial charge < -0.3 is 0 Å². The minimum absolute atomic E-state index is 0.581. The maximum Gasteiger partial charge on any atom is 0.0906 e. The first-order valence-electron chi connectivity index (χ1n) is 5.69. The third-order valence-corrected chi connectivity index (χ3v) is 4.06. The Kier molecular flexibility index (Phi) is 3.65. The molecule has 19 heavy (non-hydrogen) atoms. The lowest BCUT2D eigenvalue weighted by Gasteiger charge is -2.14. The molecule has 1 aliphatic heterocycles. The predicted molar refractivity (Wildman–Crippen MR) is 86.5 cm³/mol. The fourth-order valence-electron chi connectivity index (χ4n) is 1.90. The zero-order valence-corrected chi connectivity index (χ0v) is 12.1. The van der Waals surface area contributed by atoms with Crippen LogP contribution in [0.15, 0.2) is 47.5 Å². The topological polar surface area (TPSA) is 12.4 Å². The Hall–Kier alpha value is -1.22. The molecule has 0 aromatic heterocycles. The average Bonchev–Trinajstić information content (AvgIpc) is 2.41. The van der Waals surface area contributed by atoms with Crippen molar-refractivity contribution in [3.8, 4) is 0 Å². The highest BCUT2D eigenvalue weighted by atomic mass is 35.5. The van der Waals surface area contributed by atoms with Crippen LogP contribution in [0.1, 0.15) is 11.1 Å². The first-order valence-corrected chi connectivity index (χ1v) is 7.33. The van der Waals surface area contributed by atoms with Crippen molar-refractivity contribution in [3.05, 3.63) is 63.6 Å². The minimum atomic E-state index is 0.581. The van der Waals surface area contributed by atoms with Gasteiger partial charge in [0.15, 0.2) is 0 Å². The molecule has 0 unspecified atom stereocenters. The van der Waals surface area contributed by atoms with E-state index < -0.39 is 0 Å². The number of hydrogen-bond donors (Lipinski definition) is 0. The van der Waals surface area contributed by atoms with Gasteiger partial charge in [-0.25, -0.2) is 4.99 Å². The van der Waals surface area contributed by atoms with Gasteiger partial charge in [0, 0.05) is 15.5 Å². The van der Waals surface area contributed by atoms with Crippen LogP contribution in [-0.4, -0.2) is 5.55 Å². The monoisotopic (exact) mass is 305 g/mol. The molecule has 0 radical (unpaired) electrons. The number of halogens is 2. The number of thioether (sulfide) groups is 1. The van der Waals surface area contributed by atoms with E-state index in [2.05, 4.69) is 23.2 Å². The molecule has 2 aromatic rings. The van der Waals surface area contributed by atoms with Crippen LogP contribution in [0.5, 0.6) is 0 Å². The first-order chi connectivity index (χ1) is 9.24. The van der Waals surface area contributed by atoms with Gasteiger partial charge in [0.2, 0.25) is 0 Å². The summed E-state index contributed by atoms with van der Waals surface area (Å²) in [5, 5.41) is 1.21. The highest BCUT2D eigenvalue weighted by molar-refractivity contribution is 8.20. The van der Waals surface area contributed by atoms with Crippen molar-refractivity contribution >= 4 is 57.2 Å². The lowest BCUT2D eigenvalue weighted by molar-refractivity contribution is 1.51. The van der Waals surface area contributed by atoms with Crippen molar-refractivity contribution in [1.82, 2.24) is 0 Å². The van der Waals surface area contributed by atoms with Gasteiger partial charge in [-0.3, -0.25) is 0 Å². The van der Waals surface area contributed by atoms with Gasteiger partial charge in [-0.15, -0.1) is 0 Å². The van der Waals surface area contributed by atoms with Crippen LogP contribution >= 0.6 is 35.0 Å². The van der Waals surface area contributed by atoms with E-state index >= 15 is 0 Å². The second-order valence-electron chi connectivity index (χ2n) is 4.06. The second kappa shape index (κ2) is 5.41. The Balaban J connectivity index is 2.13. The molecule has 1 heterocycles. The molecule has 0 saturated carbocycles. The van der Waals surface area contributed by atoms with E-state index in [4.69, 9.17) is 23.2 Å². The molecule has 4 heteroatoms. The Labute approximate surface area is 126 Å². The van der Waals surface area contributed by atoms with E-state index in [1.54, 1.807) is 23.4 Å². The van der Waals surface area contributed by atoms with Crippen LogP contribution < -0.4 is 0 Å². The number of fused-ring (bicyclic) bond motifs is 1. The highest BCUT2D eigenvalue weighted by Gasteiger charge is 2.16. The molecule has 0 N–H and O–H groups in total. The summed E-state index contributed by atoms with van der Waals surface area (Å²) in [7, 11) is 0. The number of benzene rings is 2. The lowest BCUT2D eigenvalue weighted by atomic mass is 10.1. The van der Waals surface area contributed by atoms with Gasteiger partial charge in [0.05, 0.1) is 16.3 Å². The SMILES string of the molecule is Clc1cc(Cl)c2c(c1)C(=Cc1ccccc1)SC=N2. The summed E-state index contributed by atoms with van der Waals surface area (Å²) in [6.07, 6.45) is 2.11. The predicted octanol–water partition coefficient (Wildman–Crippen LogP) is 5.90. The van der Waals surface area contributed by atoms with Crippen molar-refractivity contribution in [2.24, 2.45) is 4.99 Å². The number of rotatable bonds is 1. The van der Waals surface area contributed by atoms with Gasteiger partial charge in [-0.2, -0.15) is 0 Å². The van der Waals surface area contributed by atoms with E-state index in [1.165, 1.54) is 0 Å². The number of aliphatic imine (C=N–C) groups is 1. The van der Waals surface area contributed by atoms with Gasteiger partial charge in [-0.1, -0.05) is 65.3 Å². The van der Waals surface area contributed by atoms with Crippen LogP contribution in [0.25, 0.3) is 11.0 Å². The van der Waals surface area contributed by atoms with Crippen molar-refractivity contribution < 1.29 is 0 Å². The molecule has 1 aliphatic rings. The highest BCUT2D eigenvalue weighted by Crippen LogP contribution is 2.44. The van der Waals surface area contributed by atoms with Crippen LogP contribution in [-0.2, 0) is 0 Å². The standard InChI is InChI=1S/C15H9Cl2NS/c16-11-7-12-14(6-10-4-2-1-3-5-10)19-9-18-15(12)13(17)8-11/h1-9H. The number of hydrogen-bond acceptors (Lipinski definition) is 2. The van der Waals surface area contributed by atoms with Crippen LogP contribution in [0.3, 0.4) is 0 Å². The van der Waals surface area contributed by atoms with Gasteiger partial charge in [0.25, 0.3) is 0 Å². The molecule has 94 valence electrons. The van der Waals surface area contributed by atoms with Crippen molar-refractivity contribution in [3.63, 3.8) is 0 Å². The minimum Gasteiger partial charge on any atom is -0.247 e. The summed E-state index contributed by atoms with van der Waals surface area (Å²) in [6, 6.07) is 13.8. The van der Waals surface area contributed by atoms with Gasteiger partial charge in [0.1, 0.15) is 0 Å². The molecule has 2 aromatic carbocycles. The summed E-state index contributed by atoms with van der Waals surface area (Å²) in [5.74, 6) is 0. The molecule has 1 nitrogen and oxygen atoms in total. The third-order valence-electron chi connectivity index (χ3n) is 2.75. The van der Waals surface area contributed by atoms with Gasteiger partial charge in [-0.05, 0) is 23.8 Å². The van der Waals surface area contributed by atoms with E-state index in [9.17, 15) is 0 Å². The summed E-state index contributed by atoms with van der Waals surface area (Å²) >= 11 is 13.8.